The van der Waals surface area contributed by atoms with Crippen LogP contribution in [0.15, 0.2) is 103 Å². The molecule has 0 bridgehead atoms. The van der Waals surface area contributed by atoms with Gasteiger partial charge in [0, 0.05) is 24.0 Å². The fourth-order valence-corrected chi connectivity index (χ4v) is 7.26. The summed E-state index contributed by atoms with van der Waals surface area (Å²) in [7, 11) is 0. The summed E-state index contributed by atoms with van der Waals surface area (Å²) in [6, 6.07) is 35.2. The normalized spacial score (nSPS) is 23.4. The van der Waals surface area contributed by atoms with E-state index >= 15 is 0 Å². The van der Waals surface area contributed by atoms with Crippen LogP contribution in [0.5, 0.6) is 11.8 Å². The van der Waals surface area contributed by atoms with Gasteiger partial charge in [0.15, 0.2) is 24.3 Å². The van der Waals surface area contributed by atoms with Crippen molar-refractivity contribution in [3.8, 4) is 34.0 Å². The number of imidazole rings is 1. The molecular formula is C33H25N2O2+. The highest BCUT2D eigenvalue weighted by atomic mass is 16.6. The Bertz CT molecular complexity index is 1580. The van der Waals surface area contributed by atoms with Crippen LogP contribution in [0.4, 0.5) is 0 Å². The molecule has 3 heterocycles. The van der Waals surface area contributed by atoms with Gasteiger partial charge in [0.05, 0.1) is 0 Å². The molecule has 0 fully saturated rings. The van der Waals surface area contributed by atoms with Gasteiger partial charge in [-0.2, -0.15) is 9.13 Å². The lowest BCUT2D eigenvalue weighted by molar-refractivity contribution is -0.697. The first kappa shape index (κ1) is 19.8. The number of hydrogen-bond donors (Lipinski definition) is 0. The Balaban J connectivity index is 1.19. The van der Waals surface area contributed by atoms with Crippen molar-refractivity contribution in [1.82, 2.24) is 4.57 Å². The van der Waals surface area contributed by atoms with E-state index in [1.807, 2.05) is 0 Å². The summed E-state index contributed by atoms with van der Waals surface area (Å²) in [5, 5.41) is 0. The van der Waals surface area contributed by atoms with Crippen molar-refractivity contribution in [2.45, 2.75) is 37.1 Å². The van der Waals surface area contributed by atoms with Crippen molar-refractivity contribution in [3.05, 3.63) is 126 Å². The minimum Gasteiger partial charge on any atom is -0.448 e. The zero-order valence-corrected chi connectivity index (χ0v) is 20.2. The van der Waals surface area contributed by atoms with Gasteiger partial charge in [-0.25, -0.2) is 0 Å². The second-order valence-corrected chi connectivity index (χ2v) is 10.6. The van der Waals surface area contributed by atoms with Crippen molar-refractivity contribution in [1.29, 1.82) is 0 Å². The van der Waals surface area contributed by atoms with Crippen molar-refractivity contribution in [2.75, 3.05) is 0 Å². The molecule has 0 radical (unpaired) electrons. The summed E-state index contributed by atoms with van der Waals surface area (Å²) in [5.41, 5.74) is 10.7. The Morgan fingerprint density at radius 1 is 0.622 bits per heavy atom. The summed E-state index contributed by atoms with van der Waals surface area (Å²) < 4.78 is 18.0. The second kappa shape index (κ2) is 7.13. The largest absolute Gasteiger partial charge is 0.448 e. The Kier molecular flexibility index (Phi) is 3.82. The Morgan fingerprint density at radius 2 is 1.24 bits per heavy atom. The topological polar surface area (TPSA) is 27.3 Å². The molecule has 4 atom stereocenters. The molecular weight excluding hydrogens is 456 g/mol. The molecule has 4 heteroatoms. The van der Waals surface area contributed by atoms with Crippen molar-refractivity contribution in [3.63, 3.8) is 0 Å². The van der Waals surface area contributed by atoms with Crippen molar-refractivity contribution in [2.24, 2.45) is 0 Å². The molecule has 2 aliphatic heterocycles. The van der Waals surface area contributed by atoms with E-state index in [1.54, 1.807) is 0 Å². The molecule has 1 aromatic heterocycles. The predicted molar refractivity (Wildman–Crippen MR) is 141 cm³/mol. The number of aromatic nitrogens is 2. The molecule has 4 aliphatic rings. The highest BCUT2D eigenvalue weighted by Crippen LogP contribution is 2.53. The number of benzene rings is 4. The van der Waals surface area contributed by atoms with Gasteiger partial charge in [0.1, 0.15) is 0 Å². The summed E-state index contributed by atoms with van der Waals surface area (Å²) in [4.78, 5) is 0. The van der Waals surface area contributed by atoms with Gasteiger partial charge in [0.2, 0.25) is 0 Å². The Hall–Kier alpha value is -4.31. The molecule has 37 heavy (non-hydrogen) atoms. The smallest absolute Gasteiger partial charge is 0.373 e. The molecule has 0 saturated carbocycles. The summed E-state index contributed by atoms with van der Waals surface area (Å²) in [6.07, 6.45) is 4.34. The van der Waals surface area contributed by atoms with Gasteiger partial charge in [-0.3, -0.25) is 0 Å². The molecule has 5 aromatic rings. The van der Waals surface area contributed by atoms with E-state index in [-0.39, 0.29) is 24.3 Å². The van der Waals surface area contributed by atoms with E-state index in [0.717, 1.165) is 24.6 Å². The van der Waals surface area contributed by atoms with E-state index in [0.29, 0.717) is 0 Å². The Morgan fingerprint density at radius 3 is 1.95 bits per heavy atom. The number of fused-ring (bicyclic) bond motifs is 11. The SMILES string of the molecule is c1ccc(-c2cccc3c2[C@@H]2[C@H](C3)Oc3c4[n+](cn32)[C@@H]2c3c(cccc3-c3ccccc3)C[C@@H]2O4)cc1. The molecule has 0 saturated heterocycles. The molecule has 0 amide bonds. The van der Waals surface area contributed by atoms with E-state index in [4.69, 9.17) is 9.47 Å². The molecule has 4 nitrogen and oxygen atoms in total. The van der Waals surface area contributed by atoms with Gasteiger partial charge in [0.25, 0.3) is 6.33 Å². The van der Waals surface area contributed by atoms with Gasteiger partial charge < -0.3 is 9.47 Å². The van der Waals surface area contributed by atoms with Crippen LogP contribution in [-0.2, 0) is 12.8 Å². The molecule has 0 spiro atoms. The zero-order chi connectivity index (χ0) is 24.1. The van der Waals surface area contributed by atoms with Crippen LogP contribution in [0.25, 0.3) is 22.3 Å². The molecule has 0 unspecified atom stereocenters. The third-order valence-electron chi connectivity index (χ3n) is 8.73. The standard InChI is InChI=1S/C33H25N2O2/c1-3-9-20(10-4-1)24-15-7-13-22-17-26-30(28(22)24)34-19-35-31-27(37-33(35)32(34)36-26)18-23-14-8-16-25(29(23)31)21-11-5-2-6-12-21/h1-16,19,26-27,30-31H,17-18H2/q+1/t26-,27-,30-,31-/m0/s1. The fraction of sp³-hybridized carbons (Fsp3) is 0.182. The first-order chi connectivity index (χ1) is 18.3. The van der Waals surface area contributed by atoms with Crippen molar-refractivity contribution >= 4 is 0 Å². The van der Waals surface area contributed by atoms with E-state index in [9.17, 15) is 0 Å². The van der Waals surface area contributed by atoms with Crippen LogP contribution in [0.3, 0.4) is 0 Å². The van der Waals surface area contributed by atoms with Crippen LogP contribution in [0.1, 0.15) is 34.3 Å². The van der Waals surface area contributed by atoms with Gasteiger partial charge in [-0.15, -0.1) is 0 Å². The number of hydrogen-bond acceptors (Lipinski definition) is 2. The quantitative estimate of drug-likeness (QED) is 0.293. The monoisotopic (exact) mass is 481 g/mol. The molecule has 0 N–H and O–H groups in total. The summed E-state index contributed by atoms with van der Waals surface area (Å²) in [5.74, 6) is 1.77. The predicted octanol–water partition coefficient (Wildman–Crippen LogP) is 5.92. The Labute approximate surface area is 215 Å². The maximum atomic E-state index is 6.67. The molecule has 9 rings (SSSR count). The fourth-order valence-electron chi connectivity index (χ4n) is 7.26. The van der Waals surface area contributed by atoms with Crippen molar-refractivity contribution < 1.29 is 14.0 Å². The van der Waals surface area contributed by atoms with Crippen LogP contribution in [-0.4, -0.2) is 16.8 Å². The minimum atomic E-state index is 0.108. The second-order valence-electron chi connectivity index (χ2n) is 10.6. The maximum Gasteiger partial charge on any atom is 0.373 e. The highest BCUT2D eigenvalue weighted by Gasteiger charge is 2.56. The van der Waals surface area contributed by atoms with Crippen LogP contribution >= 0.6 is 0 Å². The average molecular weight is 482 g/mol. The zero-order valence-electron chi connectivity index (χ0n) is 20.2. The van der Waals surface area contributed by atoms with Gasteiger partial charge >= 0.3 is 11.8 Å². The van der Waals surface area contributed by atoms with Crippen LogP contribution in [0, 0.1) is 0 Å². The average Bonchev–Trinajstić information content (AvgIpc) is 3.72. The number of nitrogens with zero attached hydrogens (tertiary/aromatic N) is 2. The van der Waals surface area contributed by atoms with Gasteiger partial charge in [-0.1, -0.05) is 97.1 Å². The van der Waals surface area contributed by atoms with E-state index < -0.39 is 0 Å². The lowest BCUT2D eigenvalue weighted by Crippen LogP contribution is -2.38. The molecule has 4 aromatic carbocycles. The van der Waals surface area contributed by atoms with Gasteiger partial charge in [-0.05, 0) is 33.4 Å². The lowest BCUT2D eigenvalue weighted by Gasteiger charge is -2.14. The number of ether oxygens (including phenoxy) is 2. The number of rotatable bonds is 2. The summed E-state index contributed by atoms with van der Waals surface area (Å²) in [6.45, 7) is 0. The summed E-state index contributed by atoms with van der Waals surface area (Å²) >= 11 is 0. The van der Waals surface area contributed by atoms with Crippen LogP contribution in [0.2, 0.25) is 0 Å². The maximum absolute atomic E-state index is 6.67. The molecule has 2 aliphatic carbocycles. The highest BCUT2D eigenvalue weighted by molar-refractivity contribution is 5.72. The van der Waals surface area contributed by atoms with E-state index in [2.05, 4.69) is 113 Å². The lowest BCUT2D eigenvalue weighted by atomic mass is 9.94. The molecule has 178 valence electrons. The third-order valence-corrected chi connectivity index (χ3v) is 8.73. The van der Waals surface area contributed by atoms with E-state index in [1.165, 1.54) is 44.5 Å². The first-order valence-electron chi connectivity index (χ1n) is 13.2. The minimum absolute atomic E-state index is 0.108. The first-order valence-corrected chi connectivity index (χ1v) is 13.2. The third kappa shape index (κ3) is 2.60. The van der Waals surface area contributed by atoms with Crippen LogP contribution < -0.4 is 14.0 Å².